The largest absolute Gasteiger partial charge is 0.469 e. The zero-order chi connectivity index (χ0) is 19.4. The number of hydrogen-bond acceptors (Lipinski definition) is 5. The third-order valence-corrected chi connectivity index (χ3v) is 5.20. The van der Waals surface area contributed by atoms with E-state index in [2.05, 4.69) is 11.7 Å². The fourth-order valence-electron chi connectivity index (χ4n) is 3.57. The topological polar surface area (TPSA) is 87.0 Å². The predicted molar refractivity (Wildman–Crippen MR) is 103 cm³/mol. The summed E-state index contributed by atoms with van der Waals surface area (Å²) in [6, 6.07) is 0. The molecule has 0 aromatic rings. The first-order valence-corrected chi connectivity index (χ1v) is 9.92. The summed E-state index contributed by atoms with van der Waals surface area (Å²) in [5, 5.41) is 30.3. The molecular formula is C21H36O5. The lowest BCUT2D eigenvalue weighted by molar-refractivity contribution is -0.140. The Morgan fingerprint density at radius 3 is 2.38 bits per heavy atom. The molecule has 0 aromatic heterocycles. The van der Waals surface area contributed by atoms with Crippen LogP contribution in [0.4, 0.5) is 0 Å². The second kappa shape index (κ2) is 13.1. The molecule has 1 rings (SSSR count). The quantitative estimate of drug-likeness (QED) is 0.280. The van der Waals surface area contributed by atoms with E-state index in [1.807, 2.05) is 24.3 Å². The van der Waals surface area contributed by atoms with Gasteiger partial charge in [-0.15, -0.1) is 0 Å². The molecule has 1 aliphatic carbocycles. The summed E-state index contributed by atoms with van der Waals surface area (Å²) in [5.74, 6) is -0.153. The molecule has 5 nitrogen and oxygen atoms in total. The van der Waals surface area contributed by atoms with Crippen LogP contribution >= 0.6 is 0 Å². The maximum Gasteiger partial charge on any atom is 0.305 e. The van der Waals surface area contributed by atoms with Gasteiger partial charge in [0.2, 0.25) is 0 Å². The van der Waals surface area contributed by atoms with Gasteiger partial charge in [-0.05, 0) is 50.4 Å². The van der Waals surface area contributed by atoms with Gasteiger partial charge in [0.05, 0.1) is 25.4 Å². The fourth-order valence-corrected chi connectivity index (χ4v) is 3.57. The Hall–Kier alpha value is -1.17. The lowest BCUT2D eigenvalue weighted by atomic mass is 9.87. The van der Waals surface area contributed by atoms with Gasteiger partial charge in [0, 0.05) is 6.42 Å². The van der Waals surface area contributed by atoms with E-state index in [9.17, 15) is 20.1 Å². The van der Waals surface area contributed by atoms with Gasteiger partial charge in [-0.1, -0.05) is 44.1 Å². The van der Waals surface area contributed by atoms with E-state index in [4.69, 9.17) is 0 Å². The Bertz CT molecular complexity index is 446. The van der Waals surface area contributed by atoms with E-state index in [-0.39, 0.29) is 17.8 Å². The first-order valence-electron chi connectivity index (χ1n) is 9.92. The molecule has 0 heterocycles. The Morgan fingerprint density at radius 2 is 1.77 bits per heavy atom. The lowest BCUT2D eigenvalue weighted by Gasteiger charge is -2.21. The van der Waals surface area contributed by atoms with Crippen molar-refractivity contribution >= 4 is 5.97 Å². The van der Waals surface area contributed by atoms with Crippen molar-refractivity contribution in [3.8, 4) is 0 Å². The summed E-state index contributed by atoms with van der Waals surface area (Å²) >= 11 is 0. The highest BCUT2D eigenvalue weighted by atomic mass is 16.5. The van der Waals surface area contributed by atoms with Crippen molar-refractivity contribution in [3.05, 3.63) is 24.3 Å². The van der Waals surface area contributed by atoms with Gasteiger partial charge in [0.25, 0.3) is 0 Å². The Balaban J connectivity index is 2.41. The first-order chi connectivity index (χ1) is 12.5. The molecule has 1 aliphatic rings. The van der Waals surface area contributed by atoms with Crippen molar-refractivity contribution in [1.82, 2.24) is 0 Å². The molecule has 0 radical (unpaired) electrons. The number of methoxy groups -OCH3 is 1. The maximum absolute atomic E-state index is 11.1. The summed E-state index contributed by atoms with van der Waals surface area (Å²) in [6.45, 7) is 2.10. The molecule has 0 aliphatic heterocycles. The highest BCUT2D eigenvalue weighted by molar-refractivity contribution is 5.69. The van der Waals surface area contributed by atoms with Crippen LogP contribution in [-0.4, -0.2) is 46.7 Å². The van der Waals surface area contributed by atoms with Gasteiger partial charge < -0.3 is 20.1 Å². The second-order valence-electron chi connectivity index (χ2n) is 7.25. The molecule has 0 amide bonds. The molecule has 0 spiro atoms. The molecular weight excluding hydrogens is 332 g/mol. The minimum absolute atomic E-state index is 0.0133. The van der Waals surface area contributed by atoms with Gasteiger partial charge >= 0.3 is 5.97 Å². The van der Waals surface area contributed by atoms with E-state index < -0.39 is 18.3 Å². The van der Waals surface area contributed by atoms with Gasteiger partial charge in [-0.2, -0.15) is 0 Å². The molecule has 1 fully saturated rings. The van der Waals surface area contributed by atoms with Crippen molar-refractivity contribution in [2.45, 2.75) is 83.0 Å². The number of aliphatic hydroxyl groups excluding tert-OH is 3. The monoisotopic (exact) mass is 368 g/mol. The number of esters is 1. The van der Waals surface area contributed by atoms with Crippen LogP contribution in [-0.2, 0) is 9.53 Å². The molecule has 150 valence electrons. The van der Waals surface area contributed by atoms with Crippen molar-refractivity contribution in [3.63, 3.8) is 0 Å². The SMILES string of the molecule is CCCC[C@H](O)/C=C/C[C@@H]1[C@H](C/C=C/CCCC(=O)OC)[C@@H](O)C[C@H]1O. The minimum Gasteiger partial charge on any atom is -0.469 e. The number of aliphatic hydroxyl groups is 3. The van der Waals surface area contributed by atoms with E-state index in [1.54, 1.807) is 0 Å². The average molecular weight is 369 g/mol. The smallest absolute Gasteiger partial charge is 0.305 e. The minimum atomic E-state index is -0.500. The average Bonchev–Trinajstić information content (AvgIpc) is 2.89. The van der Waals surface area contributed by atoms with Crippen LogP contribution in [0.5, 0.6) is 0 Å². The molecule has 5 atom stereocenters. The Labute approximate surface area is 157 Å². The van der Waals surface area contributed by atoms with Crippen LogP contribution in [0.25, 0.3) is 0 Å². The molecule has 0 aromatic carbocycles. The van der Waals surface area contributed by atoms with Crippen LogP contribution in [0.1, 0.15) is 64.7 Å². The van der Waals surface area contributed by atoms with Crippen molar-refractivity contribution < 1.29 is 24.9 Å². The van der Waals surface area contributed by atoms with Gasteiger partial charge in [-0.3, -0.25) is 4.79 Å². The zero-order valence-corrected chi connectivity index (χ0v) is 16.2. The number of rotatable bonds is 12. The number of ether oxygens (including phenoxy) is 1. The normalized spacial score (nSPS) is 27.4. The number of carbonyl (C=O) groups is 1. The van der Waals surface area contributed by atoms with E-state index in [0.29, 0.717) is 25.7 Å². The molecule has 5 heteroatoms. The number of unbranched alkanes of at least 4 members (excludes halogenated alkanes) is 2. The summed E-state index contributed by atoms with van der Waals surface area (Å²) in [5.41, 5.74) is 0. The van der Waals surface area contributed by atoms with Gasteiger partial charge in [-0.25, -0.2) is 0 Å². The third kappa shape index (κ3) is 8.47. The Kier molecular flexibility index (Phi) is 11.5. The summed E-state index contributed by atoms with van der Waals surface area (Å²) in [4.78, 5) is 11.1. The predicted octanol–water partition coefficient (Wildman–Crippen LogP) is 3.13. The molecule has 26 heavy (non-hydrogen) atoms. The van der Waals surface area contributed by atoms with Crippen molar-refractivity contribution in [2.75, 3.05) is 7.11 Å². The highest BCUT2D eigenvalue weighted by Gasteiger charge is 2.39. The fraction of sp³-hybridized carbons (Fsp3) is 0.762. The summed E-state index contributed by atoms with van der Waals surface area (Å²) in [7, 11) is 1.39. The van der Waals surface area contributed by atoms with Crippen LogP contribution in [0, 0.1) is 11.8 Å². The third-order valence-electron chi connectivity index (χ3n) is 5.20. The lowest BCUT2D eigenvalue weighted by Crippen LogP contribution is -2.21. The standard InChI is InChI=1S/C21H36O5/c1-3-4-10-16(22)11-9-13-18-17(19(23)15-20(18)24)12-7-5-6-8-14-21(25)26-2/h5,7,9,11,16-20,22-24H,3-4,6,8,10,12-15H2,1-2H3/b7-5+,11-9+/t16-,17-,18+,19-,20+/m0/s1. The zero-order valence-electron chi connectivity index (χ0n) is 16.2. The van der Waals surface area contributed by atoms with E-state index in [1.165, 1.54) is 7.11 Å². The van der Waals surface area contributed by atoms with Gasteiger partial charge in [0.1, 0.15) is 0 Å². The van der Waals surface area contributed by atoms with Crippen molar-refractivity contribution in [1.29, 1.82) is 0 Å². The van der Waals surface area contributed by atoms with Crippen LogP contribution < -0.4 is 0 Å². The molecule has 3 N–H and O–H groups in total. The Morgan fingerprint density at radius 1 is 1.12 bits per heavy atom. The number of carbonyl (C=O) groups excluding carboxylic acids is 1. The van der Waals surface area contributed by atoms with Crippen LogP contribution in [0.15, 0.2) is 24.3 Å². The number of allylic oxidation sites excluding steroid dienone is 3. The van der Waals surface area contributed by atoms with Crippen LogP contribution in [0.2, 0.25) is 0 Å². The van der Waals surface area contributed by atoms with Crippen molar-refractivity contribution in [2.24, 2.45) is 11.8 Å². The van der Waals surface area contributed by atoms with Crippen LogP contribution in [0.3, 0.4) is 0 Å². The molecule has 0 bridgehead atoms. The molecule has 0 saturated heterocycles. The maximum atomic E-state index is 11.1. The van der Waals surface area contributed by atoms with Gasteiger partial charge in [0.15, 0.2) is 0 Å². The second-order valence-corrected chi connectivity index (χ2v) is 7.25. The summed E-state index contributed by atoms with van der Waals surface area (Å²) < 4.78 is 4.61. The molecule has 0 unspecified atom stereocenters. The molecule has 1 saturated carbocycles. The highest BCUT2D eigenvalue weighted by Crippen LogP contribution is 2.37. The first kappa shape index (κ1) is 22.9. The van der Waals surface area contributed by atoms with E-state index >= 15 is 0 Å². The number of hydrogen-bond donors (Lipinski definition) is 3. The summed E-state index contributed by atoms with van der Waals surface area (Å²) in [6.07, 6.45) is 13.0. The van der Waals surface area contributed by atoms with E-state index in [0.717, 1.165) is 32.1 Å².